The van der Waals surface area contributed by atoms with Crippen molar-refractivity contribution in [1.29, 1.82) is 0 Å². The highest BCUT2D eigenvalue weighted by molar-refractivity contribution is 6.02. The zero-order valence-corrected chi connectivity index (χ0v) is 15.2. The number of halogens is 1. The van der Waals surface area contributed by atoms with Crippen molar-refractivity contribution in [3.8, 4) is 11.5 Å². The molecule has 1 amide bonds. The van der Waals surface area contributed by atoms with Crippen LogP contribution >= 0.6 is 0 Å². The van der Waals surface area contributed by atoms with Crippen LogP contribution in [0.15, 0.2) is 60.9 Å². The van der Waals surface area contributed by atoms with Gasteiger partial charge in [0.25, 0.3) is 5.91 Å². The number of methoxy groups -OCH3 is 1. The highest BCUT2D eigenvalue weighted by Gasteiger charge is 2.10. The van der Waals surface area contributed by atoms with Crippen LogP contribution < -0.4 is 20.1 Å². The summed E-state index contributed by atoms with van der Waals surface area (Å²) >= 11 is 0. The van der Waals surface area contributed by atoms with E-state index in [2.05, 4.69) is 20.6 Å². The molecule has 0 saturated heterocycles. The number of rotatable bonds is 8. The molecule has 7 nitrogen and oxygen atoms in total. The Morgan fingerprint density at radius 3 is 2.46 bits per heavy atom. The Hall–Kier alpha value is -3.68. The number of para-hydroxylation sites is 1. The lowest BCUT2D eigenvalue weighted by Gasteiger charge is -2.09. The fraction of sp³-hybridized carbons (Fsp3) is 0.150. The molecule has 0 fully saturated rings. The minimum Gasteiger partial charge on any atom is -0.497 e. The Morgan fingerprint density at radius 2 is 1.79 bits per heavy atom. The van der Waals surface area contributed by atoms with Crippen molar-refractivity contribution in [2.75, 3.05) is 30.9 Å². The average molecular weight is 382 g/mol. The quantitative estimate of drug-likeness (QED) is 0.581. The molecule has 144 valence electrons. The van der Waals surface area contributed by atoms with E-state index in [1.165, 1.54) is 24.5 Å². The van der Waals surface area contributed by atoms with Crippen molar-refractivity contribution in [1.82, 2.24) is 9.97 Å². The van der Waals surface area contributed by atoms with Gasteiger partial charge in [0.2, 0.25) is 0 Å². The van der Waals surface area contributed by atoms with Crippen LogP contribution in [0.1, 0.15) is 10.5 Å². The van der Waals surface area contributed by atoms with Crippen LogP contribution in [0.4, 0.5) is 15.9 Å². The first kappa shape index (κ1) is 19.1. The molecule has 3 rings (SSSR count). The summed E-state index contributed by atoms with van der Waals surface area (Å²) in [5, 5.41) is 5.51. The number of ether oxygens (including phenoxy) is 2. The van der Waals surface area contributed by atoms with Crippen molar-refractivity contribution in [2.45, 2.75) is 0 Å². The van der Waals surface area contributed by atoms with E-state index in [0.29, 0.717) is 19.0 Å². The van der Waals surface area contributed by atoms with Crippen molar-refractivity contribution in [2.24, 2.45) is 0 Å². The van der Waals surface area contributed by atoms with Gasteiger partial charge in [0.1, 0.15) is 35.4 Å². The van der Waals surface area contributed by atoms with E-state index >= 15 is 0 Å². The second-order valence-electron chi connectivity index (χ2n) is 5.67. The number of aromatic nitrogens is 2. The van der Waals surface area contributed by atoms with Gasteiger partial charge in [-0.25, -0.2) is 14.4 Å². The molecule has 1 aromatic heterocycles. The number of hydrogen-bond donors (Lipinski definition) is 2. The molecule has 0 aliphatic heterocycles. The van der Waals surface area contributed by atoms with Gasteiger partial charge in [0.05, 0.1) is 31.7 Å². The number of nitrogens with one attached hydrogen (secondary N) is 2. The maximum atomic E-state index is 13.6. The van der Waals surface area contributed by atoms with Gasteiger partial charge < -0.3 is 20.1 Å². The van der Waals surface area contributed by atoms with E-state index in [-0.39, 0.29) is 11.4 Å². The third kappa shape index (κ3) is 5.16. The third-order valence-electron chi connectivity index (χ3n) is 3.74. The van der Waals surface area contributed by atoms with E-state index in [9.17, 15) is 9.18 Å². The highest BCUT2D eigenvalue weighted by atomic mass is 19.1. The zero-order valence-electron chi connectivity index (χ0n) is 15.2. The molecule has 3 aromatic rings. The fourth-order valence-corrected chi connectivity index (χ4v) is 2.31. The SMILES string of the molecule is COc1ccc(OCCNc2cnc(C(=O)Nc3ccccc3F)cn2)cc1. The summed E-state index contributed by atoms with van der Waals surface area (Å²) in [6.07, 6.45) is 2.76. The van der Waals surface area contributed by atoms with Crippen LogP contribution in [0, 0.1) is 5.82 Å². The van der Waals surface area contributed by atoms with Crippen LogP contribution in [0.25, 0.3) is 0 Å². The van der Waals surface area contributed by atoms with Gasteiger partial charge >= 0.3 is 0 Å². The number of hydrogen-bond acceptors (Lipinski definition) is 6. The molecule has 0 aliphatic carbocycles. The topological polar surface area (TPSA) is 85.4 Å². The van der Waals surface area contributed by atoms with Crippen LogP contribution in [0.2, 0.25) is 0 Å². The van der Waals surface area contributed by atoms with Crippen LogP contribution in [-0.2, 0) is 0 Å². The Kier molecular flexibility index (Phi) is 6.35. The van der Waals surface area contributed by atoms with Crippen molar-refractivity contribution >= 4 is 17.4 Å². The minimum atomic E-state index is -0.535. The van der Waals surface area contributed by atoms with Gasteiger partial charge in [-0.15, -0.1) is 0 Å². The number of anilines is 2. The van der Waals surface area contributed by atoms with Crippen molar-refractivity contribution in [3.63, 3.8) is 0 Å². The number of benzene rings is 2. The normalized spacial score (nSPS) is 10.2. The number of carbonyl (C=O) groups is 1. The summed E-state index contributed by atoms with van der Waals surface area (Å²) in [5.74, 6) is 0.945. The highest BCUT2D eigenvalue weighted by Crippen LogP contribution is 2.17. The molecular formula is C20H19FN4O3. The number of carbonyl (C=O) groups excluding carboxylic acids is 1. The summed E-state index contributed by atoms with van der Waals surface area (Å²) in [6.45, 7) is 0.922. The van der Waals surface area contributed by atoms with E-state index in [1.54, 1.807) is 19.2 Å². The minimum absolute atomic E-state index is 0.0864. The van der Waals surface area contributed by atoms with Gasteiger partial charge in [-0.1, -0.05) is 12.1 Å². The predicted molar refractivity (Wildman–Crippen MR) is 103 cm³/mol. The van der Waals surface area contributed by atoms with Gasteiger partial charge in [0.15, 0.2) is 0 Å². The molecule has 2 N–H and O–H groups in total. The van der Waals surface area contributed by atoms with E-state index in [1.807, 2.05) is 24.3 Å². The third-order valence-corrected chi connectivity index (χ3v) is 3.74. The molecule has 0 aliphatic rings. The first-order valence-corrected chi connectivity index (χ1v) is 8.54. The molecule has 28 heavy (non-hydrogen) atoms. The van der Waals surface area contributed by atoms with E-state index in [0.717, 1.165) is 11.5 Å². The standard InChI is InChI=1S/C20H19FN4O3/c1-27-14-6-8-15(9-7-14)28-11-10-22-19-13-23-18(12-24-19)20(26)25-17-5-3-2-4-16(17)21/h2-9,12-13H,10-11H2,1H3,(H,22,24)(H,25,26). The number of amides is 1. The van der Waals surface area contributed by atoms with E-state index < -0.39 is 11.7 Å². The second kappa shape index (κ2) is 9.31. The molecule has 0 spiro atoms. The molecule has 8 heteroatoms. The predicted octanol–water partition coefficient (Wildman–Crippen LogP) is 3.37. The van der Waals surface area contributed by atoms with Crippen molar-refractivity contribution in [3.05, 3.63) is 72.4 Å². The monoisotopic (exact) mass is 382 g/mol. The summed E-state index contributed by atoms with van der Waals surface area (Å²) in [5.41, 5.74) is 0.176. The molecule has 1 heterocycles. The van der Waals surface area contributed by atoms with Crippen LogP contribution in [0.5, 0.6) is 11.5 Å². The second-order valence-corrected chi connectivity index (χ2v) is 5.67. The molecule has 0 unspecified atom stereocenters. The largest absolute Gasteiger partial charge is 0.497 e. The average Bonchev–Trinajstić information content (AvgIpc) is 2.73. The molecular weight excluding hydrogens is 363 g/mol. The number of nitrogens with zero attached hydrogens (tertiary/aromatic N) is 2. The molecule has 0 atom stereocenters. The van der Waals surface area contributed by atoms with Crippen LogP contribution in [0.3, 0.4) is 0 Å². The first-order valence-electron chi connectivity index (χ1n) is 8.54. The van der Waals surface area contributed by atoms with Gasteiger partial charge in [-0.2, -0.15) is 0 Å². The Balaban J connectivity index is 1.46. The summed E-state index contributed by atoms with van der Waals surface area (Å²) in [6, 6.07) is 13.2. The molecule has 0 radical (unpaired) electrons. The Bertz CT molecular complexity index is 917. The maximum Gasteiger partial charge on any atom is 0.275 e. The summed E-state index contributed by atoms with van der Waals surface area (Å²) in [4.78, 5) is 20.3. The Labute approximate surface area is 161 Å². The molecule has 0 saturated carbocycles. The van der Waals surface area contributed by atoms with Gasteiger partial charge in [0, 0.05) is 0 Å². The lowest BCUT2D eigenvalue weighted by molar-refractivity contribution is 0.102. The van der Waals surface area contributed by atoms with Crippen molar-refractivity contribution < 1.29 is 18.7 Å². The molecule has 0 bridgehead atoms. The zero-order chi connectivity index (χ0) is 19.8. The van der Waals surface area contributed by atoms with Gasteiger partial charge in [-0.3, -0.25) is 4.79 Å². The summed E-state index contributed by atoms with van der Waals surface area (Å²) < 4.78 is 24.3. The first-order chi connectivity index (χ1) is 13.7. The van der Waals surface area contributed by atoms with Crippen LogP contribution in [-0.4, -0.2) is 36.1 Å². The molecule has 2 aromatic carbocycles. The lowest BCUT2D eigenvalue weighted by Crippen LogP contribution is -2.16. The summed E-state index contributed by atoms with van der Waals surface area (Å²) in [7, 11) is 1.61. The fourth-order valence-electron chi connectivity index (χ4n) is 2.31. The van der Waals surface area contributed by atoms with E-state index in [4.69, 9.17) is 9.47 Å². The Morgan fingerprint density at radius 1 is 1.04 bits per heavy atom. The van der Waals surface area contributed by atoms with Gasteiger partial charge in [-0.05, 0) is 36.4 Å². The lowest BCUT2D eigenvalue weighted by atomic mass is 10.3. The smallest absolute Gasteiger partial charge is 0.275 e. The maximum absolute atomic E-state index is 13.6.